The van der Waals surface area contributed by atoms with Crippen LogP contribution in [0.5, 0.6) is 0 Å². The van der Waals surface area contributed by atoms with Gasteiger partial charge in [-0.25, -0.2) is 4.79 Å². The first-order valence-corrected chi connectivity index (χ1v) is 5.65. The van der Waals surface area contributed by atoms with Crippen molar-refractivity contribution in [3.05, 3.63) is 29.1 Å². The molecule has 0 bridgehead atoms. The predicted molar refractivity (Wildman–Crippen MR) is 66.1 cm³/mol. The van der Waals surface area contributed by atoms with Crippen molar-refractivity contribution in [1.82, 2.24) is 9.55 Å². The minimum atomic E-state index is -0.301. The van der Waals surface area contributed by atoms with E-state index in [1.165, 1.54) is 0 Å². The molecule has 0 saturated heterocycles. The van der Waals surface area contributed by atoms with Crippen LogP contribution in [0.4, 0.5) is 0 Å². The zero-order valence-electron chi connectivity index (χ0n) is 10.6. The summed E-state index contributed by atoms with van der Waals surface area (Å²) in [6, 6.07) is 3.80. The van der Waals surface area contributed by atoms with Crippen molar-refractivity contribution in [3.63, 3.8) is 0 Å². The Hall–Kier alpha value is -1.84. The number of carbonyl (C=O) groups is 1. The first-order valence-electron chi connectivity index (χ1n) is 5.65. The van der Waals surface area contributed by atoms with Crippen LogP contribution in [-0.2, 0) is 11.8 Å². The number of pyridine rings is 1. The van der Waals surface area contributed by atoms with Gasteiger partial charge in [-0.2, -0.15) is 0 Å². The van der Waals surface area contributed by atoms with Crippen molar-refractivity contribution in [3.8, 4) is 0 Å². The molecule has 0 aliphatic heterocycles. The van der Waals surface area contributed by atoms with E-state index in [1.54, 1.807) is 13.0 Å². The van der Waals surface area contributed by atoms with Crippen LogP contribution in [0, 0.1) is 13.8 Å². The van der Waals surface area contributed by atoms with E-state index < -0.39 is 0 Å². The molecule has 2 heterocycles. The lowest BCUT2D eigenvalue weighted by Gasteiger charge is -2.05. The van der Waals surface area contributed by atoms with E-state index in [1.807, 2.05) is 31.5 Å². The Kier molecular flexibility index (Phi) is 2.88. The molecule has 0 saturated carbocycles. The quantitative estimate of drug-likeness (QED) is 0.747. The number of carbonyl (C=O) groups excluding carboxylic acids is 1. The highest BCUT2D eigenvalue weighted by Gasteiger charge is 2.16. The molecule has 0 fully saturated rings. The number of aromatic nitrogens is 2. The molecule has 0 aliphatic rings. The molecule has 0 atom stereocenters. The molecule has 2 rings (SSSR count). The highest BCUT2D eigenvalue weighted by Crippen LogP contribution is 2.21. The second kappa shape index (κ2) is 4.20. The van der Waals surface area contributed by atoms with E-state index in [9.17, 15) is 4.79 Å². The van der Waals surface area contributed by atoms with Gasteiger partial charge in [0.2, 0.25) is 0 Å². The maximum atomic E-state index is 11.8. The number of esters is 1. The van der Waals surface area contributed by atoms with Gasteiger partial charge in [-0.05, 0) is 38.5 Å². The molecular formula is C13H16N2O2. The van der Waals surface area contributed by atoms with Gasteiger partial charge in [-0.15, -0.1) is 0 Å². The summed E-state index contributed by atoms with van der Waals surface area (Å²) in [5, 5.41) is 0. The SMILES string of the molecule is CCOC(=O)c1cc2nc(C)cc(C)c2n1C. The van der Waals surface area contributed by atoms with E-state index in [0.29, 0.717) is 12.3 Å². The van der Waals surface area contributed by atoms with Gasteiger partial charge in [0.15, 0.2) is 0 Å². The second-order valence-electron chi connectivity index (χ2n) is 4.12. The van der Waals surface area contributed by atoms with Gasteiger partial charge in [0, 0.05) is 12.7 Å². The number of ether oxygens (including phenoxy) is 1. The average molecular weight is 232 g/mol. The molecule has 90 valence electrons. The van der Waals surface area contributed by atoms with Crippen LogP contribution in [0.15, 0.2) is 12.1 Å². The first kappa shape index (κ1) is 11.6. The molecule has 0 aromatic carbocycles. The van der Waals surface area contributed by atoms with Crippen LogP contribution in [-0.4, -0.2) is 22.1 Å². The lowest BCUT2D eigenvalue weighted by atomic mass is 10.2. The van der Waals surface area contributed by atoms with Gasteiger partial charge in [-0.3, -0.25) is 4.98 Å². The summed E-state index contributed by atoms with van der Waals surface area (Å²) < 4.78 is 6.86. The smallest absolute Gasteiger partial charge is 0.355 e. The van der Waals surface area contributed by atoms with Crippen LogP contribution in [0.25, 0.3) is 11.0 Å². The Morgan fingerprint density at radius 2 is 2.12 bits per heavy atom. The lowest BCUT2D eigenvalue weighted by Crippen LogP contribution is -2.09. The van der Waals surface area contributed by atoms with Crippen molar-refractivity contribution in [1.29, 1.82) is 0 Å². The summed E-state index contributed by atoms with van der Waals surface area (Å²) in [7, 11) is 1.86. The highest BCUT2D eigenvalue weighted by atomic mass is 16.5. The molecule has 17 heavy (non-hydrogen) atoms. The Bertz CT molecular complexity index is 585. The van der Waals surface area contributed by atoms with Crippen LogP contribution in [0.2, 0.25) is 0 Å². The topological polar surface area (TPSA) is 44.1 Å². The third-order valence-corrected chi connectivity index (χ3v) is 2.79. The molecule has 0 aliphatic carbocycles. The van der Waals surface area contributed by atoms with Gasteiger partial charge < -0.3 is 9.30 Å². The Labute approximate surface area is 100 Å². The molecule has 4 heteroatoms. The largest absolute Gasteiger partial charge is 0.461 e. The fourth-order valence-corrected chi connectivity index (χ4v) is 2.14. The van der Waals surface area contributed by atoms with Crippen molar-refractivity contribution < 1.29 is 9.53 Å². The van der Waals surface area contributed by atoms with Crippen molar-refractivity contribution in [2.75, 3.05) is 6.61 Å². The zero-order chi connectivity index (χ0) is 12.6. The molecule has 0 amide bonds. The lowest BCUT2D eigenvalue weighted by molar-refractivity contribution is 0.0516. The van der Waals surface area contributed by atoms with E-state index in [4.69, 9.17) is 4.74 Å². The van der Waals surface area contributed by atoms with Crippen molar-refractivity contribution in [2.24, 2.45) is 7.05 Å². The van der Waals surface area contributed by atoms with E-state index >= 15 is 0 Å². The minimum Gasteiger partial charge on any atom is -0.461 e. The van der Waals surface area contributed by atoms with Crippen LogP contribution in [0.3, 0.4) is 0 Å². The number of fused-ring (bicyclic) bond motifs is 1. The monoisotopic (exact) mass is 232 g/mol. The van der Waals surface area contributed by atoms with Crippen LogP contribution >= 0.6 is 0 Å². The number of nitrogens with zero attached hydrogens (tertiary/aromatic N) is 2. The number of rotatable bonds is 2. The van der Waals surface area contributed by atoms with Gasteiger partial charge in [-0.1, -0.05) is 0 Å². The molecule has 0 N–H and O–H groups in total. The summed E-state index contributed by atoms with van der Waals surface area (Å²) in [6.07, 6.45) is 0. The van der Waals surface area contributed by atoms with Gasteiger partial charge in [0.1, 0.15) is 5.69 Å². The molecule has 0 spiro atoms. The third kappa shape index (κ3) is 1.90. The number of aryl methyl sites for hydroxylation is 3. The summed E-state index contributed by atoms with van der Waals surface area (Å²) in [5.74, 6) is -0.301. The van der Waals surface area contributed by atoms with Gasteiger partial charge >= 0.3 is 5.97 Å². The fourth-order valence-electron chi connectivity index (χ4n) is 2.14. The fraction of sp³-hybridized carbons (Fsp3) is 0.385. The van der Waals surface area contributed by atoms with E-state index in [-0.39, 0.29) is 5.97 Å². The molecule has 0 unspecified atom stereocenters. The third-order valence-electron chi connectivity index (χ3n) is 2.79. The van der Waals surface area contributed by atoms with E-state index in [0.717, 1.165) is 22.3 Å². The molecule has 2 aromatic rings. The Morgan fingerprint density at radius 3 is 2.76 bits per heavy atom. The minimum absolute atomic E-state index is 0.301. The standard InChI is InChI=1S/C13H16N2O2/c1-5-17-13(16)11-7-10-12(15(11)4)8(2)6-9(3)14-10/h6-7H,5H2,1-4H3. The summed E-state index contributed by atoms with van der Waals surface area (Å²) in [6.45, 7) is 6.15. The second-order valence-corrected chi connectivity index (χ2v) is 4.12. The normalized spacial score (nSPS) is 10.8. The Balaban J connectivity index is 2.64. The Morgan fingerprint density at radius 1 is 1.41 bits per heavy atom. The zero-order valence-corrected chi connectivity index (χ0v) is 10.6. The molecule has 0 radical (unpaired) electrons. The first-order chi connectivity index (χ1) is 8.04. The number of hydrogen-bond donors (Lipinski definition) is 0. The maximum absolute atomic E-state index is 11.8. The average Bonchev–Trinajstić information content (AvgIpc) is 2.56. The predicted octanol–water partition coefficient (Wildman–Crippen LogP) is 2.37. The molecular weight excluding hydrogens is 216 g/mol. The molecule has 2 aromatic heterocycles. The highest BCUT2D eigenvalue weighted by molar-refractivity contribution is 5.95. The van der Waals surface area contributed by atoms with Crippen molar-refractivity contribution >= 4 is 17.0 Å². The summed E-state index contributed by atoms with van der Waals surface area (Å²) >= 11 is 0. The van der Waals surface area contributed by atoms with Crippen molar-refractivity contribution in [2.45, 2.75) is 20.8 Å². The van der Waals surface area contributed by atoms with E-state index in [2.05, 4.69) is 4.98 Å². The van der Waals surface area contributed by atoms with Gasteiger partial charge in [0.05, 0.1) is 17.6 Å². The summed E-state index contributed by atoms with van der Waals surface area (Å²) in [5.41, 5.74) is 4.44. The van der Waals surface area contributed by atoms with Crippen LogP contribution < -0.4 is 0 Å². The maximum Gasteiger partial charge on any atom is 0.355 e. The summed E-state index contributed by atoms with van der Waals surface area (Å²) in [4.78, 5) is 16.2. The number of hydrogen-bond acceptors (Lipinski definition) is 3. The van der Waals surface area contributed by atoms with Gasteiger partial charge in [0.25, 0.3) is 0 Å². The molecule has 4 nitrogen and oxygen atoms in total. The van der Waals surface area contributed by atoms with Crippen LogP contribution in [0.1, 0.15) is 28.7 Å².